The minimum Gasteiger partial charge on any atom is -0.490 e. The molecule has 0 aromatic heterocycles. The number of rotatable bonds is 9. The monoisotopic (exact) mass is 623 g/mol. The van der Waals surface area contributed by atoms with E-state index in [4.69, 9.17) is 9.47 Å². The van der Waals surface area contributed by atoms with Crippen LogP contribution in [0.4, 0.5) is 11.4 Å². The van der Waals surface area contributed by atoms with E-state index in [1.54, 1.807) is 12.1 Å². The molecule has 0 aliphatic rings. The molecule has 0 fully saturated rings. The third kappa shape index (κ3) is 7.35. The molecule has 0 aliphatic heterocycles. The Morgan fingerprint density at radius 2 is 1.74 bits per heavy atom. The maximum Gasteiger partial charge on any atom is 0.266 e. The molecule has 0 saturated heterocycles. The van der Waals surface area contributed by atoms with Gasteiger partial charge in [0.1, 0.15) is 11.6 Å². The van der Waals surface area contributed by atoms with Crippen LogP contribution in [0.15, 0.2) is 54.1 Å². The molecule has 0 saturated carbocycles. The Morgan fingerprint density at radius 1 is 0.974 bits per heavy atom. The van der Waals surface area contributed by atoms with Crippen LogP contribution in [-0.4, -0.2) is 25.0 Å². The maximum atomic E-state index is 12.8. The fraction of sp³-hybridized carbons (Fsp3) is 0.233. The molecule has 3 aromatic rings. The zero-order chi connectivity index (χ0) is 27.8. The Labute approximate surface area is 237 Å². The lowest BCUT2D eigenvalue weighted by atomic mass is 10.1. The average molecular weight is 623 g/mol. The second-order valence-electron chi connectivity index (χ2n) is 8.79. The Balaban J connectivity index is 1.79. The van der Waals surface area contributed by atoms with Crippen molar-refractivity contribution in [2.75, 3.05) is 23.8 Å². The number of anilines is 2. The molecule has 0 spiro atoms. The van der Waals surface area contributed by atoms with Crippen molar-refractivity contribution in [3.63, 3.8) is 0 Å². The van der Waals surface area contributed by atoms with Crippen molar-refractivity contribution < 1.29 is 19.1 Å². The van der Waals surface area contributed by atoms with Gasteiger partial charge in [-0.25, -0.2) is 0 Å². The summed E-state index contributed by atoms with van der Waals surface area (Å²) in [6.07, 6.45) is 1.50. The lowest BCUT2D eigenvalue weighted by Crippen LogP contribution is -2.21. The van der Waals surface area contributed by atoms with Gasteiger partial charge in [0.15, 0.2) is 18.1 Å². The number of nitrogens with zero attached hydrogens (tertiary/aromatic N) is 1. The zero-order valence-corrected chi connectivity index (χ0v) is 24.2. The second kappa shape index (κ2) is 13.1. The van der Waals surface area contributed by atoms with Gasteiger partial charge in [0.2, 0.25) is 0 Å². The highest BCUT2D eigenvalue weighted by Crippen LogP contribution is 2.35. The number of benzene rings is 3. The van der Waals surface area contributed by atoms with E-state index >= 15 is 0 Å². The van der Waals surface area contributed by atoms with Crippen LogP contribution in [0.1, 0.15) is 34.7 Å². The van der Waals surface area contributed by atoms with Crippen molar-refractivity contribution in [2.45, 2.75) is 34.6 Å². The molecule has 8 heteroatoms. The van der Waals surface area contributed by atoms with Crippen molar-refractivity contribution in [3.8, 4) is 17.6 Å². The molecule has 38 heavy (non-hydrogen) atoms. The van der Waals surface area contributed by atoms with Gasteiger partial charge in [-0.15, -0.1) is 0 Å². The Hall–Kier alpha value is -3.84. The predicted molar refractivity (Wildman–Crippen MR) is 159 cm³/mol. The number of nitriles is 1. The number of aryl methyl sites for hydroxylation is 3. The van der Waals surface area contributed by atoms with Gasteiger partial charge in [0, 0.05) is 11.4 Å². The molecule has 3 aromatic carbocycles. The molecule has 7 nitrogen and oxygen atoms in total. The number of hydrogen-bond donors (Lipinski definition) is 2. The topological polar surface area (TPSA) is 100 Å². The van der Waals surface area contributed by atoms with Gasteiger partial charge >= 0.3 is 0 Å². The number of hydrogen-bond acceptors (Lipinski definition) is 5. The summed E-state index contributed by atoms with van der Waals surface area (Å²) in [5.41, 5.74) is 6.00. The normalized spacial score (nSPS) is 10.9. The van der Waals surface area contributed by atoms with Gasteiger partial charge in [-0.3, -0.25) is 9.59 Å². The number of halogens is 1. The summed E-state index contributed by atoms with van der Waals surface area (Å²) >= 11 is 2.08. The molecule has 2 N–H and O–H groups in total. The predicted octanol–water partition coefficient (Wildman–Crippen LogP) is 6.49. The van der Waals surface area contributed by atoms with Crippen LogP contribution in [0.2, 0.25) is 0 Å². The van der Waals surface area contributed by atoms with Gasteiger partial charge in [-0.2, -0.15) is 5.26 Å². The molecular weight excluding hydrogens is 593 g/mol. The zero-order valence-electron chi connectivity index (χ0n) is 22.1. The number of amides is 2. The highest BCUT2D eigenvalue weighted by atomic mass is 127. The summed E-state index contributed by atoms with van der Waals surface area (Å²) in [5, 5.41) is 15.3. The van der Waals surface area contributed by atoms with E-state index in [0.29, 0.717) is 32.9 Å². The van der Waals surface area contributed by atoms with Crippen molar-refractivity contribution in [3.05, 3.63) is 85.5 Å². The van der Waals surface area contributed by atoms with Crippen molar-refractivity contribution >= 4 is 51.9 Å². The smallest absolute Gasteiger partial charge is 0.266 e. The quantitative estimate of drug-likeness (QED) is 0.161. The first kappa shape index (κ1) is 28.7. The minimum absolute atomic E-state index is 0.0511. The summed E-state index contributed by atoms with van der Waals surface area (Å²) in [6.45, 7) is 9.81. The fourth-order valence-electron chi connectivity index (χ4n) is 3.74. The van der Waals surface area contributed by atoms with Crippen molar-refractivity contribution in [2.24, 2.45) is 0 Å². The molecule has 196 valence electrons. The van der Waals surface area contributed by atoms with Crippen molar-refractivity contribution in [1.29, 1.82) is 5.26 Å². The van der Waals surface area contributed by atoms with E-state index in [1.165, 1.54) is 6.08 Å². The van der Waals surface area contributed by atoms with Crippen LogP contribution in [0.3, 0.4) is 0 Å². The summed E-state index contributed by atoms with van der Waals surface area (Å²) in [4.78, 5) is 25.4. The van der Waals surface area contributed by atoms with Crippen LogP contribution in [-0.2, 0) is 9.59 Å². The van der Waals surface area contributed by atoms with E-state index in [-0.39, 0.29) is 18.1 Å². The third-order valence-electron chi connectivity index (χ3n) is 5.86. The van der Waals surface area contributed by atoms with Gasteiger partial charge in [-0.1, -0.05) is 29.8 Å². The minimum atomic E-state index is -0.504. The largest absolute Gasteiger partial charge is 0.490 e. The van der Waals surface area contributed by atoms with Crippen LogP contribution in [0.25, 0.3) is 6.08 Å². The Morgan fingerprint density at radius 3 is 2.42 bits per heavy atom. The highest BCUT2D eigenvalue weighted by Gasteiger charge is 2.16. The lowest BCUT2D eigenvalue weighted by Gasteiger charge is -2.15. The summed E-state index contributed by atoms with van der Waals surface area (Å²) in [5.74, 6) is 0.0304. The van der Waals surface area contributed by atoms with Gasteiger partial charge in [0.25, 0.3) is 11.8 Å². The van der Waals surface area contributed by atoms with Gasteiger partial charge in [0.05, 0.1) is 10.2 Å². The first-order chi connectivity index (χ1) is 18.1. The number of carbonyl (C=O) groups is 2. The SMILES string of the molecule is CCOc1cc(/C=C(\C#N)C(=O)Nc2ccc(C)cc2C)cc(I)c1OCC(=O)Nc1cccc(C)c1C. The molecule has 3 rings (SSSR count). The van der Waals surface area contributed by atoms with Crippen LogP contribution >= 0.6 is 22.6 Å². The van der Waals surface area contributed by atoms with E-state index < -0.39 is 5.91 Å². The number of ether oxygens (including phenoxy) is 2. The molecule has 0 aliphatic carbocycles. The lowest BCUT2D eigenvalue weighted by molar-refractivity contribution is -0.118. The van der Waals surface area contributed by atoms with Crippen LogP contribution < -0.4 is 20.1 Å². The average Bonchev–Trinajstić information content (AvgIpc) is 2.86. The second-order valence-corrected chi connectivity index (χ2v) is 9.95. The van der Waals surface area contributed by atoms with E-state index in [1.807, 2.05) is 77.1 Å². The molecule has 0 bridgehead atoms. The van der Waals surface area contributed by atoms with Gasteiger partial charge in [-0.05, 0) is 110 Å². The Kier molecular flexibility index (Phi) is 9.91. The molecule has 0 unspecified atom stereocenters. The van der Waals surface area contributed by atoms with E-state index in [9.17, 15) is 14.9 Å². The molecular formula is C30H30IN3O4. The number of nitrogens with one attached hydrogen (secondary N) is 2. The molecule has 0 heterocycles. The summed E-state index contributed by atoms with van der Waals surface area (Å²) in [6, 6.07) is 16.8. The molecule has 2 amide bonds. The third-order valence-corrected chi connectivity index (χ3v) is 6.67. The first-order valence-corrected chi connectivity index (χ1v) is 13.2. The molecule has 0 radical (unpaired) electrons. The van der Waals surface area contributed by atoms with E-state index in [2.05, 4.69) is 33.2 Å². The standard InChI is InChI=1S/C30H30IN3O4/c1-6-37-27-15-22(13-23(16-32)30(36)34-25-11-10-18(2)12-20(25)4)14-24(31)29(27)38-17-28(35)33-26-9-7-8-19(3)21(26)5/h7-15H,6,17H2,1-5H3,(H,33,35)(H,34,36)/b23-13+. The highest BCUT2D eigenvalue weighted by molar-refractivity contribution is 14.1. The van der Waals surface area contributed by atoms with Crippen molar-refractivity contribution in [1.82, 2.24) is 0 Å². The van der Waals surface area contributed by atoms with Crippen LogP contribution in [0.5, 0.6) is 11.5 Å². The van der Waals surface area contributed by atoms with Gasteiger partial charge < -0.3 is 20.1 Å². The van der Waals surface area contributed by atoms with E-state index in [0.717, 1.165) is 27.9 Å². The first-order valence-electron chi connectivity index (χ1n) is 12.1. The fourth-order valence-corrected chi connectivity index (χ4v) is 4.52. The number of carbonyl (C=O) groups excluding carboxylic acids is 2. The van der Waals surface area contributed by atoms with Crippen LogP contribution in [0, 0.1) is 42.6 Å². The summed E-state index contributed by atoms with van der Waals surface area (Å²) in [7, 11) is 0. The Bertz CT molecular complexity index is 1440. The molecule has 0 atom stereocenters. The summed E-state index contributed by atoms with van der Waals surface area (Å²) < 4.78 is 12.3. The maximum absolute atomic E-state index is 12.8.